The fourth-order valence-corrected chi connectivity index (χ4v) is 1.59. The van der Waals surface area contributed by atoms with Crippen molar-refractivity contribution in [2.24, 2.45) is 0 Å². The lowest BCUT2D eigenvalue weighted by Gasteiger charge is -2.22. The number of ether oxygens (including phenoxy) is 2. The van der Waals surface area contributed by atoms with Gasteiger partial charge in [0, 0.05) is 26.2 Å². The van der Waals surface area contributed by atoms with Gasteiger partial charge in [0.15, 0.2) is 6.29 Å². The van der Waals surface area contributed by atoms with E-state index in [0.29, 0.717) is 19.6 Å². The summed E-state index contributed by atoms with van der Waals surface area (Å²) in [5.41, 5.74) is 0. The molecule has 0 aliphatic rings. The van der Waals surface area contributed by atoms with E-state index in [4.69, 9.17) is 9.47 Å². The van der Waals surface area contributed by atoms with Gasteiger partial charge in [-0.05, 0) is 20.8 Å². The van der Waals surface area contributed by atoms with Crippen LogP contribution in [0.15, 0.2) is 6.33 Å². The zero-order valence-corrected chi connectivity index (χ0v) is 10.7. The van der Waals surface area contributed by atoms with E-state index in [-0.39, 0.29) is 0 Å². The molecule has 0 aliphatic heterocycles. The van der Waals surface area contributed by atoms with Crippen molar-refractivity contribution in [3.63, 3.8) is 0 Å². The molecular weight excluding hydrogens is 222 g/mol. The van der Waals surface area contributed by atoms with Crippen LogP contribution in [0.5, 0.6) is 0 Å². The summed E-state index contributed by atoms with van der Waals surface area (Å²) >= 11 is 0. The molecule has 0 amide bonds. The van der Waals surface area contributed by atoms with Gasteiger partial charge in [-0.2, -0.15) is 5.10 Å². The lowest BCUT2D eigenvalue weighted by atomic mass is 10.2. The Morgan fingerprint density at radius 3 is 2.47 bits per heavy atom. The second kappa shape index (κ2) is 7.37. The van der Waals surface area contributed by atoms with E-state index in [2.05, 4.69) is 10.1 Å². The van der Waals surface area contributed by atoms with Gasteiger partial charge in [0.25, 0.3) is 0 Å². The molecule has 6 nitrogen and oxygen atoms in total. The van der Waals surface area contributed by atoms with Crippen LogP contribution in [0.3, 0.4) is 0 Å². The summed E-state index contributed by atoms with van der Waals surface area (Å²) in [5.74, 6) is 0.740. The van der Waals surface area contributed by atoms with Gasteiger partial charge in [-0.25, -0.2) is 4.98 Å². The number of aromatic nitrogens is 3. The van der Waals surface area contributed by atoms with Gasteiger partial charge in [0.2, 0.25) is 0 Å². The van der Waals surface area contributed by atoms with Crippen LogP contribution in [0.4, 0.5) is 0 Å². The predicted octanol–water partition coefficient (Wildman–Crippen LogP) is 0.600. The fourth-order valence-electron chi connectivity index (χ4n) is 1.59. The summed E-state index contributed by atoms with van der Waals surface area (Å²) < 4.78 is 12.4. The van der Waals surface area contributed by atoms with Gasteiger partial charge in [-0.15, -0.1) is 0 Å². The molecule has 6 heteroatoms. The molecule has 0 aromatic carbocycles. The highest BCUT2D eigenvalue weighted by Crippen LogP contribution is 2.08. The summed E-state index contributed by atoms with van der Waals surface area (Å²) in [6.07, 6.45) is 0.525. The number of hydrogen-bond donors (Lipinski definition) is 1. The molecule has 0 saturated heterocycles. The third-order valence-corrected chi connectivity index (χ3v) is 2.36. The standard InChI is InChI=1S/C11H21N3O3/c1-4-14-10(12-8-13-14)7-9(15)11(16-5-2)17-6-3/h8-9,11,15H,4-7H2,1-3H3. The van der Waals surface area contributed by atoms with Crippen LogP contribution in [-0.4, -0.2) is 45.5 Å². The van der Waals surface area contributed by atoms with Crippen molar-refractivity contribution in [1.82, 2.24) is 14.8 Å². The molecule has 1 aromatic heterocycles. The number of hydrogen-bond acceptors (Lipinski definition) is 5. The minimum absolute atomic E-state index is 0.374. The summed E-state index contributed by atoms with van der Waals surface area (Å²) in [4.78, 5) is 4.11. The van der Waals surface area contributed by atoms with E-state index in [1.54, 1.807) is 4.68 Å². The molecule has 1 atom stereocenters. The monoisotopic (exact) mass is 243 g/mol. The molecule has 1 N–H and O–H groups in total. The molecule has 1 heterocycles. The molecule has 1 rings (SSSR count). The van der Waals surface area contributed by atoms with Crippen molar-refractivity contribution < 1.29 is 14.6 Å². The minimum atomic E-state index is -0.732. The number of aliphatic hydroxyl groups is 1. The van der Waals surface area contributed by atoms with E-state index in [1.807, 2.05) is 20.8 Å². The Hall–Kier alpha value is -0.980. The highest BCUT2D eigenvalue weighted by atomic mass is 16.7. The normalized spacial score (nSPS) is 13.2. The van der Waals surface area contributed by atoms with Crippen LogP contribution >= 0.6 is 0 Å². The molecule has 0 radical (unpaired) electrons. The molecule has 1 unspecified atom stereocenters. The van der Waals surface area contributed by atoms with Crippen molar-refractivity contribution in [1.29, 1.82) is 0 Å². The predicted molar refractivity (Wildman–Crippen MR) is 62.4 cm³/mol. The second-order valence-corrected chi connectivity index (χ2v) is 3.54. The van der Waals surface area contributed by atoms with Gasteiger partial charge in [0.05, 0.1) is 0 Å². The molecule has 0 spiro atoms. The van der Waals surface area contributed by atoms with E-state index in [0.717, 1.165) is 12.4 Å². The summed E-state index contributed by atoms with van der Waals surface area (Å²) in [5, 5.41) is 14.1. The molecule has 1 aromatic rings. The van der Waals surface area contributed by atoms with Crippen LogP contribution in [0, 0.1) is 0 Å². The smallest absolute Gasteiger partial charge is 0.183 e. The molecule has 17 heavy (non-hydrogen) atoms. The van der Waals surface area contributed by atoms with Gasteiger partial charge >= 0.3 is 0 Å². The quantitative estimate of drug-likeness (QED) is 0.677. The maximum absolute atomic E-state index is 10.0. The summed E-state index contributed by atoms with van der Waals surface area (Å²) in [6, 6.07) is 0. The average Bonchev–Trinajstić information content (AvgIpc) is 2.76. The van der Waals surface area contributed by atoms with E-state index in [1.165, 1.54) is 6.33 Å². The number of aliphatic hydroxyl groups excluding tert-OH is 1. The first-order chi connectivity index (χ1) is 8.22. The molecule has 0 bridgehead atoms. The first kappa shape index (κ1) is 14.1. The maximum Gasteiger partial charge on any atom is 0.183 e. The van der Waals surface area contributed by atoms with Crippen LogP contribution < -0.4 is 0 Å². The van der Waals surface area contributed by atoms with Crippen molar-refractivity contribution in [2.45, 2.75) is 46.1 Å². The molecular formula is C11H21N3O3. The minimum Gasteiger partial charge on any atom is -0.387 e. The Balaban J connectivity index is 2.59. The zero-order valence-electron chi connectivity index (χ0n) is 10.7. The first-order valence-corrected chi connectivity index (χ1v) is 6.00. The van der Waals surface area contributed by atoms with Crippen molar-refractivity contribution in [2.75, 3.05) is 13.2 Å². The Labute approximate surface area is 102 Å². The van der Waals surface area contributed by atoms with E-state index < -0.39 is 12.4 Å². The third kappa shape index (κ3) is 4.07. The lowest BCUT2D eigenvalue weighted by Crippen LogP contribution is -2.34. The lowest BCUT2D eigenvalue weighted by molar-refractivity contribution is -0.189. The number of aryl methyl sites for hydroxylation is 1. The van der Waals surface area contributed by atoms with Crippen molar-refractivity contribution >= 4 is 0 Å². The second-order valence-electron chi connectivity index (χ2n) is 3.54. The number of rotatable bonds is 8. The third-order valence-electron chi connectivity index (χ3n) is 2.36. The summed E-state index contributed by atoms with van der Waals surface area (Å²) in [7, 11) is 0. The average molecular weight is 243 g/mol. The highest BCUT2D eigenvalue weighted by Gasteiger charge is 2.22. The Morgan fingerprint density at radius 1 is 1.29 bits per heavy atom. The first-order valence-electron chi connectivity index (χ1n) is 6.00. The van der Waals surface area contributed by atoms with Crippen LogP contribution in [0.2, 0.25) is 0 Å². The van der Waals surface area contributed by atoms with Crippen molar-refractivity contribution in [3.05, 3.63) is 12.2 Å². The Kier molecular flexibility index (Phi) is 6.10. The van der Waals surface area contributed by atoms with Crippen LogP contribution in [0.25, 0.3) is 0 Å². The molecule has 0 aliphatic carbocycles. The maximum atomic E-state index is 10.0. The van der Waals surface area contributed by atoms with Gasteiger partial charge in [0.1, 0.15) is 18.3 Å². The van der Waals surface area contributed by atoms with Crippen LogP contribution in [-0.2, 0) is 22.4 Å². The van der Waals surface area contributed by atoms with Gasteiger partial charge in [-0.1, -0.05) is 0 Å². The Morgan fingerprint density at radius 2 is 1.94 bits per heavy atom. The summed E-state index contributed by atoms with van der Waals surface area (Å²) in [6.45, 7) is 7.45. The van der Waals surface area contributed by atoms with Crippen LogP contribution in [0.1, 0.15) is 26.6 Å². The zero-order chi connectivity index (χ0) is 12.7. The van der Waals surface area contributed by atoms with Crippen molar-refractivity contribution in [3.8, 4) is 0 Å². The number of nitrogens with zero attached hydrogens (tertiary/aromatic N) is 3. The van der Waals surface area contributed by atoms with Gasteiger partial charge in [-0.3, -0.25) is 4.68 Å². The SMILES string of the molecule is CCOC(OCC)C(O)Cc1ncnn1CC. The topological polar surface area (TPSA) is 69.4 Å². The van der Waals surface area contributed by atoms with Gasteiger partial charge < -0.3 is 14.6 Å². The molecule has 0 fully saturated rings. The molecule has 98 valence electrons. The van der Waals surface area contributed by atoms with E-state index >= 15 is 0 Å². The Bertz CT molecular complexity index is 311. The fraction of sp³-hybridized carbons (Fsp3) is 0.818. The largest absolute Gasteiger partial charge is 0.387 e. The highest BCUT2D eigenvalue weighted by molar-refractivity contribution is 4.88. The molecule has 0 saturated carbocycles. The van der Waals surface area contributed by atoms with E-state index in [9.17, 15) is 5.11 Å².